The van der Waals surface area contributed by atoms with Crippen LogP contribution in [0.1, 0.15) is 38.5 Å². The summed E-state index contributed by atoms with van der Waals surface area (Å²) < 4.78 is 0.833. The quantitative estimate of drug-likeness (QED) is 0.509. The van der Waals surface area contributed by atoms with Crippen LogP contribution >= 0.6 is 15.9 Å². The smallest absolute Gasteiger partial charge is 0.353 e. The lowest BCUT2D eigenvalue weighted by Gasteiger charge is -2.57. The highest BCUT2D eigenvalue weighted by molar-refractivity contribution is 9.10. The average molecular weight is 445 g/mol. The van der Waals surface area contributed by atoms with Crippen molar-refractivity contribution >= 4 is 39.1 Å². The van der Waals surface area contributed by atoms with Gasteiger partial charge in [0.15, 0.2) is 0 Å². The molecular formula is C19H21BrN6O2. The van der Waals surface area contributed by atoms with Gasteiger partial charge in [0.05, 0.1) is 4.92 Å². The van der Waals surface area contributed by atoms with Gasteiger partial charge in [0, 0.05) is 16.2 Å². The average Bonchev–Trinajstić information content (AvgIpc) is 2.62. The Kier molecular flexibility index (Phi) is 4.22. The summed E-state index contributed by atoms with van der Waals surface area (Å²) in [6.45, 7) is 0. The van der Waals surface area contributed by atoms with E-state index in [1.54, 1.807) is 12.3 Å². The zero-order valence-corrected chi connectivity index (χ0v) is 16.9. The Bertz CT molecular complexity index is 884. The van der Waals surface area contributed by atoms with E-state index in [1.165, 1.54) is 25.6 Å². The third-order valence-corrected chi connectivity index (χ3v) is 6.87. The van der Waals surface area contributed by atoms with Gasteiger partial charge in [-0.15, -0.1) is 0 Å². The third kappa shape index (κ3) is 3.21. The Balaban J connectivity index is 1.46. The van der Waals surface area contributed by atoms with E-state index in [9.17, 15) is 10.1 Å². The van der Waals surface area contributed by atoms with E-state index in [1.807, 2.05) is 6.07 Å². The van der Waals surface area contributed by atoms with Crippen molar-refractivity contribution in [1.29, 1.82) is 0 Å². The van der Waals surface area contributed by atoms with Gasteiger partial charge in [-0.25, -0.2) is 15.0 Å². The minimum atomic E-state index is -0.413. The molecule has 2 aromatic heterocycles. The topological polar surface area (TPSA) is 106 Å². The zero-order chi connectivity index (χ0) is 19.3. The summed E-state index contributed by atoms with van der Waals surface area (Å²) in [5, 5.41) is 18.4. The number of aromatic nitrogens is 3. The molecule has 4 aliphatic rings. The molecule has 0 amide bonds. The van der Waals surface area contributed by atoms with Crippen molar-refractivity contribution in [2.24, 2.45) is 17.8 Å². The summed E-state index contributed by atoms with van der Waals surface area (Å²) in [5.74, 6) is 3.17. The van der Waals surface area contributed by atoms with Crippen molar-refractivity contribution in [3.63, 3.8) is 0 Å². The second kappa shape index (κ2) is 6.65. The van der Waals surface area contributed by atoms with Crippen LogP contribution in [0.5, 0.6) is 0 Å². The van der Waals surface area contributed by atoms with Crippen LogP contribution in [0.4, 0.5) is 23.1 Å². The maximum atomic E-state index is 11.9. The van der Waals surface area contributed by atoms with E-state index >= 15 is 0 Å². The summed E-state index contributed by atoms with van der Waals surface area (Å²) in [6, 6.07) is 3.55. The van der Waals surface area contributed by atoms with Gasteiger partial charge in [-0.2, -0.15) is 0 Å². The predicted molar refractivity (Wildman–Crippen MR) is 108 cm³/mol. The molecule has 2 aromatic rings. The van der Waals surface area contributed by atoms with Crippen molar-refractivity contribution in [2.45, 2.75) is 44.1 Å². The highest BCUT2D eigenvalue weighted by Crippen LogP contribution is 2.57. The number of pyridine rings is 1. The van der Waals surface area contributed by atoms with Crippen LogP contribution in [0.15, 0.2) is 29.1 Å². The van der Waals surface area contributed by atoms with Crippen LogP contribution in [0.25, 0.3) is 0 Å². The molecule has 0 radical (unpaired) electrons. The molecule has 28 heavy (non-hydrogen) atoms. The second-order valence-electron chi connectivity index (χ2n) is 8.49. The van der Waals surface area contributed by atoms with Crippen LogP contribution in [0, 0.1) is 27.9 Å². The highest BCUT2D eigenvalue weighted by Gasteiger charge is 2.51. The number of halogens is 1. The van der Waals surface area contributed by atoms with E-state index in [2.05, 4.69) is 41.5 Å². The Morgan fingerprint density at radius 1 is 1.04 bits per heavy atom. The first-order valence-electron chi connectivity index (χ1n) is 9.66. The number of nitrogens with zero attached hydrogens (tertiary/aromatic N) is 4. The fourth-order valence-corrected chi connectivity index (χ4v) is 6.06. The molecule has 0 spiro atoms. The molecule has 6 rings (SSSR count). The molecule has 2 heterocycles. The lowest BCUT2D eigenvalue weighted by molar-refractivity contribution is -0.383. The molecule has 4 saturated carbocycles. The third-order valence-electron chi connectivity index (χ3n) is 6.40. The van der Waals surface area contributed by atoms with Crippen molar-refractivity contribution in [3.05, 3.63) is 39.2 Å². The van der Waals surface area contributed by atoms with Crippen molar-refractivity contribution in [1.82, 2.24) is 15.0 Å². The molecule has 0 atom stereocenters. The van der Waals surface area contributed by atoms with E-state index in [0.29, 0.717) is 11.6 Å². The van der Waals surface area contributed by atoms with Gasteiger partial charge < -0.3 is 10.6 Å². The molecule has 4 bridgehead atoms. The molecule has 8 nitrogen and oxygen atoms in total. The summed E-state index contributed by atoms with van der Waals surface area (Å²) in [6.07, 6.45) is 10.2. The summed E-state index contributed by atoms with van der Waals surface area (Å²) in [5.41, 5.74) is -0.191. The highest BCUT2D eigenvalue weighted by atomic mass is 79.9. The molecule has 0 aromatic carbocycles. The van der Waals surface area contributed by atoms with E-state index in [0.717, 1.165) is 41.5 Å². The molecule has 4 aliphatic carbocycles. The fraction of sp³-hybridized carbons (Fsp3) is 0.526. The van der Waals surface area contributed by atoms with Crippen LogP contribution in [0.3, 0.4) is 0 Å². The lowest BCUT2D eigenvalue weighted by atomic mass is 9.53. The lowest BCUT2D eigenvalue weighted by Crippen LogP contribution is -2.55. The van der Waals surface area contributed by atoms with Gasteiger partial charge in [0.1, 0.15) is 12.1 Å². The summed E-state index contributed by atoms with van der Waals surface area (Å²) in [4.78, 5) is 24.1. The number of nitrogens with one attached hydrogen (secondary N) is 2. The largest absolute Gasteiger partial charge is 0.359 e. The minimum Gasteiger partial charge on any atom is -0.359 e. The number of hydrogen-bond donors (Lipinski definition) is 2. The molecule has 4 fully saturated rings. The zero-order valence-electron chi connectivity index (χ0n) is 15.3. The van der Waals surface area contributed by atoms with Gasteiger partial charge >= 0.3 is 5.69 Å². The Labute approximate surface area is 170 Å². The molecule has 2 N–H and O–H groups in total. The van der Waals surface area contributed by atoms with Crippen LogP contribution < -0.4 is 10.6 Å². The van der Waals surface area contributed by atoms with Crippen LogP contribution in [-0.2, 0) is 0 Å². The standard InChI is InChI=1S/C19H21BrN6O2/c20-14-1-2-15(21-9-14)24-17-16(26(27)28)18(23-10-22-17)25-19-6-11-3-12(7-19)5-13(4-11)8-19/h1-2,9-13H,3-8H2,(H2,21,22,23,24,25). The van der Waals surface area contributed by atoms with E-state index < -0.39 is 4.92 Å². The number of anilines is 3. The van der Waals surface area contributed by atoms with Crippen molar-refractivity contribution in [2.75, 3.05) is 10.6 Å². The van der Waals surface area contributed by atoms with Crippen LogP contribution in [-0.4, -0.2) is 25.4 Å². The Hall–Kier alpha value is -2.29. The predicted octanol–water partition coefficient (Wildman–Crippen LogP) is 4.67. The molecule has 9 heteroatoms. The number of rotatable bonds is 5. The van der Waals surface area contributed by atoms with Crippen molar-refractivity contribution in [3.8, 4) is 0 Å². The van der Waals surface area contributed by atoms with Gasteiger partial charge in [-0.1, -0.05) is 0 Å². The molecular weight excluding hydrogens is 424 g/mol. The SMILES string of the molecule is O=[N+]([O-])c1c(Nc2ccc(Br)cn2)ncnc1NC12CC3CC(CC(C3)C1)C2. The first-order valence-corrected chi connectivity index (χ1v) is 10.5. The number of nitro groups is 1. The van der Waals surface area contributed by atoms with Crippen LogP contribution in [0.2, 0.25) is 0 Å². The summed E-state index contributed by atoms with van der Waals surface area (Å²) in [7, 11) is 0. The van der Waals surface area contributed by atoms with Gasteiger partial charge in [0.2, 0.25) is 11.6 Å². The fourth-order valence-electron chi connectivity index (χ4n) is 5.82. The number of hydrogen-bond acceptors (Lipinski definition) is 7. The van der Waals surface area contributed by atoms with Crippen molar-refractivity contribution < 1.29 is 4.92 Å². The normalized spacial score (nSPS) is 30.2. The molecule has 0 saturated heterocycles. The monoisotopic (exact) mass is 444 g/mol. The summed E-state index contributed by atoms with van der Waals surface area (Å²) >= 11 is 3.33. The van der Waals surface area contributed by atoms with Gasteiger partial charge in [0.25, 0.3) is 0 Å². The molecule has 0 aliphatic heterocycles. The second-order valence-corrected chi connectivity index (χ2v) is 9.40. The molecule has 0 unspecified atom stereocenters. The Morgan fingerprint density at radius 2 is 1.68 bits per heavy atom. The minimum absolute atomic E-state index is 0.0685. The first-order chi connectivity index (χ1) is 13.5. The Morgan fingerprint density at radius 3 is 2.25 bits per heavy atom. The van der Waals surface area contributed by atoms with Gasteiger partial charge in [-0.3, -0.25) is 10.1 Å². The van der Waals surface area contributed by atoms with E-state index in [4.69, 9.17) is 0 Å². The first kappa shape index (κ1) is 17.8. The molecule has 146 valence electrons. The maximum absolute atomic E-state index is 11.9. The van der Waals surface area contributed by atoms with E-state index in [-0.39, 0.29) is 17.0 Å². The maximum Gasteiger partial charge on any atom is 0.353 e. The van der Waals surface area contributed by atoms with Gasteiger partial charge in [-0.05, 0) is 84.3 Å².